The molecule has 5 heteroatoms. The van der Waals surface area contributed by atoms with Crippen molar-refractivity contribution in [2.75, 3.05) is 18.1 Å². The van der Waals surface area contributed by atoms with E-state index < -0.39 is 15.3 Å². The van der Waals surface area contributed by atoms with E-state index in [9.17, 15) is 13.2 Å². The minimum atomic E-state index is -2.97. The SMILES string of the molecule is C=CC(C)(CCCS(=O)(=O)CC)C(=O)OCC. The van der Waals surface area contributed by atoms with Crippen molar-refractivity contribution in [1.82, 2.24) is 0 Å². The van der Waals surface area contributed by atoms with Crippen LogP contribution in [0.2, 0.25) is 0 Å². The average molecular weight is 262 g/mol. The fourth-order valence-corrected chi connectivity index (χ4v) is 2.26. The molecular formula is C12H22O4S. The highest BCUT2D eigenvalue weighted by atomic mass is 32.2. The van der Waals surface area contributed by atoms with Gasteiger partial charge in [-0.15, -0.1) is 6.58 Å². The normalized spacial score (nSPS) is 15.0. The molecule has 0 saturated carbocycles. The molecule has 1 atom stereocenters. The lowest BCUT2D eigenvalue weighted by molar-refractivity contribution is -0.151. The number of hydrogen-bond donors (Lipinski definition) is 0. The largest absolute Gasteiger partial charge is 0.465 e. The molecule has 0 spiro atoms. The Balaban J connectivity index is 4.41. The van der Waals surface area contributed by atoms with E-state index in [1.165, 1.54) is 6.08 Å². The lowest BCUT2D eigenvalue weighted by atomic mass is 9.86. The lowest BCUT2D eigenvalue weighted by Gasteiger charge is -2.23. The maximum Gasteiger partial charge on any atom is 0.315 e. The first-order valence-electron chi connectivity index (χ1n) is 5.82. The Bertz CT molecular complexity index is 359. The molecule has 0 N–H and O–H groups in total. The minimum Gasteiger partial charge on any atom is -0.465 e. The molecule has 0 aliphatic carbocycles. The van der Waals surface area contributed by atoms with Crippen molar-refractivity contribution >= 4 is 15.8 Å². The minimum absolute atomic E-state index is 0.104. The van der Waals surface area contributed by atoms with E-state index in [1.54, 1.807) is 20.8 Å². The molecule has 0 fully saturated rings. The molecule has 4 nitrogen and oxygen atoms in total. The number of carbonyl (C=O) groups is 1. The van der Waals surface area contributed by atoms with Crippen molar-refractivity contribution in [2.45, 2.75) is 33.6 Å². The quantitative estimate of drug-likeness (QED) is 0.495. The average Bonchev–Trinajstić information content (AvgIpc) is 2.29. The van der Waals surface area contributed by atoms with Gasteiger partial charge in [0.1, 0.15) is 9.84 Å². The Kier molecular flexibility index (Phi) is 6.45. The van der Waals surface area contributed by atoms with Crippen molar-refractivity contribution in [3.63, 3.8) is 0 Å². The number of esters is 1. The molecular weight excluding hydrogens is 240 g/mol. The maximum absolute atomic E-state index is 11.7. The second-order valence-electron chi connectivity index (χ2n) is 4.18. The van der Waals surface area contributed by atoms with Gasteiger partial charge in [-0.2, -0.15) is 0 Å². The summed E-state index contributed by atoms with van der Waals surface area (Å²) >= 11 is 0. The Hall–Kier alpha value is -0.840. The van der Waals surface area contributed by atoms with Crippen LogP contribution in [0.4, 0.5) is 0 Å². The van der Waals surface area contributed by atoms with Crippen LogP contribution in [0.15, 0.2) is 12.7 Å². The van der Waals surface area contributed by atoms with Crippen LogP contribution in [0.1, 0.15) is 33.6 Å². The summed E-state index contributed by atoms with van der Waals surface area (Å²) < 4.78 is 27.6. The number of ether oxygens (including phenoxy) is 1. The van der Waals surface area contributed by atoms with Gasteiger partial charge in [-0.05, 0) is 26.7 Å². The van der Waals surface area contributed by atoms with Gasteiger partial charge in [0.25, 0.3) is 0 Å². The predicted octanol–water partition coefficient (Wildman–Crippen LogP) is 1.96. The van der Waals surface area contributed by atoms with Gasteiger partial charge in [-0.25, -0.2) is 8.42 Å². The Morgan fingerprint density at radius 3 is 2.41 bits per heavy atom. The van der Waals surface area contributed by atoms with Gasteiger partial charge < -0.3 is 4.74 Å². The van der Waals surface area contributed by atoms with Gasteiger partial charge in [0.15, 0.2) is 0 Å². The van der Waals surface area contributed by atoms with Crippen molar-refractivity contribution in [1.29, 1.82) is 0 Å². The summed E-state index contributed by atoms with van der Waals surface area (Å²) in [6.07, 6.45) is 2.41. The van der Waals surface area contributed by atoms with E-state index in [2.05, 4.69) is 6.58 Å². The van der Waals surface area contributed by atoms with Gasteiger partial charge in [0, 0.05) is 5.75 Å². The lowest BCUT2D eigenvalue weighted by Crippen LogP contribution is -2.28. The first kappa shape index (κ1) is 16.2. The molecule has 0 aromatic rings. The third kappa shape index (κ3) is 5.35. The van der Waals surface area contributed by atoms with Gasteiger partial charge in [0.2, 0.25) is 0 Å². The Morgan fingerprint density at radius 1 is 1.41 bits per heavy atom. The van der Waals surface area contributed by atoms with Crippen LogP contribution in [0.5, 0.6) is 0 Å². The predicted molar refractivity (Wildman–Crippen MR) is 68.5 cm³/mol. The first-order valence-corrected chi connectivity index (χ1v) is 7.64. The summed E-state index contributed by atoms with van der Waals surface area (Å²) in [7, 11) is -2.97. The summed E-state index contributed by atoms with van der Waals surface area (Å²) in [6.45, 7) is 9.01. The second kappa shape index (κ2) is 6.79. The highest BCUT2D eigenvalue weighted by Gasteiger charge is 2.31. The molecule has 0 bridgehead atoms. The molecule has 0 amide bonds. The van der Waals surface area contributed by atoms with Crippen LogP contribution < -0.4 is 0 Å². The van der Waals surface area contributed by atoms with Crippen molar-refractivity contribution in [3.8, 4) is 0 Å². The molecule has 17 heavy (non-hydrogen) atoms. The highest BCUT2D eigenvalue weighted by molar-refractivity contribution is 7.91. The summed E-state index contributed by atoms with van der Waals surface area (Å²) in [6, 6.07) is 0. The Morgan fingerprint density at radius 2 is 2.00 bits per heavy atom. The van der Waals surface area contributed by atoms with Crippen LogP contribution in [-0.2, 0) is 19.4 Å². The van der Waals surface area contributed by atoms with Crippen LogP contribution in [0.3, 0.4) is 0 Å². The second-order valence-corrected chi connectivity index (χ2v) is 6.65. The van der Waals surface area contributed by atoms with Crippen LogP contribution in [0.25, 0.3) is 0 Å². The van der Waals surface area contributed by atoms with Crippen LogP contribution >= 0.6 is 0 Å². The number of hydrogen-bond acceptors (Lipinski definition) is 4. The van der Waals surface area contributed by atoms with Gasteiger partial charge in [-0.3, -0.25) is 4.79 Å². The fourth-order valence-electron chi connectivity index (χ4n) is 1.39. The number of carbonyl (C=O) groups excluding carboxylic acids is 1. The standard InChI is InChI=1S/C12H22O4S/c1-5-12(4,11(13)16-6-2)9-8-10-17(14,15)7-3/h5H,1,6-10H2,2-4H3. The van der Waals surface area contributed by atoms with Crippen molar-refractivity contribution in [2.24, 2.45) is 5.41 Å². The monoisotopic (exact) mass is 262 g/mol. The zero-order valence-corrected chi connectivity index (χ0v) is 11.7. The van der Waals surface area contributed by atoms with Crippen molar-refractivity contribution in [3.05, 3.63) is 12.7 Å². The molecule has 0 heterocycles. The summed E-state index contributed by atoms with van der Waals surface area (Å²) in [5.41, 5.74) is -0.792. The molecule has 1 unspecified atom stereocenters. The highest BCUT2D eigenvalue weighted by Crippen LogP contribution is 2.26. The fraction of sp³-hybridized carbons (Fsp3) is 0.750. The van der Waals surface area contributed by atoms with E-state index in [1.807, 2.05) is 0 Å². The van der Waals surface area contributed by atoms with E-state index in [-0.39, 0.29) is 17.5 Å². The molecule has 0 rings (SSSR count). The molecule has 0 aliphatic rings. The molecule has 0 aliphatic heterocycles. The maximum atomic E-state index is 11.7. The van der Waals surface area contributed by atoms with Crippen LogP contribution in [-0.4, -0.2) is 32.5 Å². The Labute approximate surface area is 104 Å². The van der Waals surface area contributed by atoms with E-state index in [0.29, 0.717) is 19.4 Å². The van der Waals surface area contributed by atoms with Gasteiger partial charge in [0.05, 0.1) is 17.8 Å². The number of rotatable bonds is 8. The summed E-state index contributed by atoms with van der Waals surface area (Å²) in [4.78, 5) is 11.7. The smallest absolute Gasteiger partial charge is 0.315 e. The topological polar surface area (TPSA) is 60.4 Å². The summed E-state index contributed by atoms with van der Waals surface area (Å²) in [5, 5.41) is 0. The van der Waals surface area contributed by atoms with E-state index in [0.717, 1.165) is 0 Å². The zero-order chi connectivity index (χ0) is 13.5. The van der Waals surface area contributed by atoms with E-state index >= 15 is 0 Å². The summed E-state index contributed by atoms with van der Waals surface area (Å²) in [5.74, 6) is -0.104. The zero-order valence-electron chi connectivity index (χ0n) is 10.9. The third-order valence-corrected chi connectivity index (χ3v) is 4.57. The van der Waals surface area contributed by atoms with E-state index in [4.69, 9.17) is 4.74 Å². The van der Waals surface area contributed by atoms with Crippen LogP contribution in [0, 0.1) is 5.41 Å². The first-order chi connectivity index (χ1) is 7.81. The molecule has 0 radical (unpaired) electrons. The molecule has 0 aromatic heterocycles. The molecule has 0 aromatic carbocycles. The molecule has 0 saturated heterocycles. The number of sulfone groups is 1. The third-order valence-electron chi connectivity index (χ3n) is 2.78. The van der Waals surface area contributed by atoms with Crippen molar-refractivity contribution < 1.29 is 17.9 Å². The van der Waals surface area contributed by atoms with Gasteiger partial charge >= 0.3 is 5.97 Å². The van der Waals surface area contributed by atoms with Gasteiger partial charge in [-0.1, -0.05) is 13.0 Å². The molecule has 100 valence electrons.